The number of rotatable bonds is 5. The van der Waals surface area contributed by atoms with Gasteiger partial charge >= 0.3 is 5.97 Å². The maximum absolute atomic E-state index is 11.3. The fraction of sp³-hybridized carbons (Fsp3) is 0.727. The van der Waals surface area contributed by atoms with E-state index >= 15 is 0 Å². The first kappa shape index (κ1) is 13.2. The SMILES string of the molecule is CCC/C=C(/C(=O)OC)C(O)C(C)C. The molecule has 3 nitrogen and oxygen atoms in total. The average Bonchev–Trinajstić information content (AvgIpc) is 2.17. The zero-order valence-corrected chi connectivity index (χ0v) is 9.41. The van der Waals surface area contributed by atoms with Gasteiger partial charge in [-0.2, -0.15) is 0 Å². The van der Waals surface area contributed by atoms with Gasteiger partial charge in [0.15, 0.2) is 0 Å². The number of aliphatic hydroxyl groups is 1. The maximum atomic E-state index is 11.3. The van der Waals surface area contributed by atoms with Gasteiger partial charge in [-0.3, -0.25) is 0 Å². The van der Waals surface area contributed by atoms with Crippen LogP contribution < -0.4 is 0 Å². The lowest BCUT2D eigenvalue weighted by molar-refractivity contribution is -0.137. The highest BCUT2D eigenvalue weighted by Gasteiger charge is 2.21. The normalized spacial score (nSPS) is 14.3. The number of hydrogen-bond donors (Lipinski definition) is 1. The molecule has 0 aromatic carbocycles. The van der Waals surface area contributed by atoms with Crippen LogP contribution in [0.2, 0.25) is 0 Å². The lowest BCUT2D eigenvalue weighted by Crippen LogP contribution is -2.24. The van der Waals surface area contributed by atoms with E-state index in [4.69, 9.17) is 0 Å². The summed E-state index contributed by atoms with van der Waals surface area (Å²) in [6.45, 7) is 5.76. The van der Waals surface area contributed by atoms with Crippen molar-refractivity contribution in [2.24, 2.45) is 5.92 Å². The molecule has 1 unspecified atom stereocenters. The Balaban J connectivity index is 4.63. The number of methoxy groups -OCH3 is 1. The predicted octanol–water partition coefficient (Wildman–Crippen LogP) is 1.90. The summed E-state index contributed by atoms with van der Waals surface area (Å²) in [5, 5.41) is 9.75. The van der Waals surface area contributed by atoms with Crippen LogP contribution in [-0.4, -0.2) is 24.3 Å². The molecule has 82 valence electrons. The number of ether oxygens (including phenoxy) is 1. The molecular weight excluding hydrogens is 180 g/mol. The quantitative estimate of drug-likeness (QED) is 0.544. The van der Waals surface area contributed by atoms with Crippen LogP contribution in [0.25, 0.3) is 0 Å². The van der Waals surface area contributed by atoms with Crippen molar-refractivity contribution in [2.75, 3.05) is 7.11 Å². The van der Waals surface area contributed by atoms with Gasteiger partial charge in [0.05, 0.1) is 18.8 Å². The fourth-order valence-electron chi connectivity index (χ4n) is 1.10. The molecule has 0 bridgehead atoms. The molecule has 0 heterocycles. The molecule has 0 aliphatic heterocycles. The first-order valence-electron chi connectivity index (χ1n) is 5.01. The molecule has 0 amide bonds. The van der Waals surface area contributed by atoms with E-state index in [1.807, 2.05) is 20.8 Å². The van der Waals surface area contributed by atoms with Crippen LogP contribution in [0.5, 0.6) is 0 Å². The smallest absolute Gasteiger partial charge is 0.336 e. The molecular formula is C11H20O3. The van der Waals surface area contributed by atoms with Crippen molar-refractivity contribution in [3.63, 3.8) is 0 Å². The van der Waals surface area contributed by atoms with Crippen molar-refractivity contribution >= 4 is 5.97 Å². The van der Waals surface area contributed by atoms with Crippen LogP contribution in [-0.2, 0) is 9.53 Å². The molecule has 0 saturated carbocycles. The molecule has 0 aromatic rings. The molecule has 0 saturated heterocycles. The van der Waals surface area contributed by atoms with Crippen LogP contribution in [0.4, 0.5) is 0 Å². The minimum Gasteiger partial charge on any atom is -0.466 e. The van der Waals surface area contributed by atoms with Gasteiger partial charge in [-0.15, -0.1) is 0 Å². The molecule has 1 atom stereocenters. The second-order valence-corrected chi connectivity index (χ2v) is 3.63. The van der Waals surface area contributed by atoms with Gasteiger partial charge in [0.2, 0.25) is 0 Å². The third kappa shape index (κ3) is 3.92. The number of esters is 1. The lowest BCUT2D eigenvalue weighted by atomic mass is 9.98. The summed E-state index contributed by atoms with van der Waals surface area (Å²) in [6.07, 6.45) is 2.77. The Bertz CT molecular complexity index is 207. The van der Waals surface area contributed by atoms with Crippen molar-refractivity contribution in [3.8, 4) is 0 Å². The third-order valence-corrected chi connectivity index (χ3v) is 2.02. The lowest BCUT2D eigenvalue weighted by Gasteiger charge is -2.16. The van der Waals surface area contributed by atoms with Crippen LogP contribution in [0.3, 0.4) is 0 Å². The van der Waals surface area contributed by atoms with E-state index in [-0.39, 0.29) is 5.92 Å². The Morgan fingerprint density at radius 1 is 1.50 bits per heavy atom. The Morgan fingerprint density at radius 3 is 2.43 bits per heavy atom. The highest BCUT2D eigenvalue weighted by molar-refractivity contribution is 5.89. The van der Waals surface area contributed by atoms with Crippen LogP contribution >= 0.6 is 0 Å². The molecule has 0 fully saturated rings. The molecule has 1 N–H and O–H groups in total. The van der Waals surface area contributed by atoms with Crippen LogP contribution in [0, 0.1) is 5.92 Å². The molecule has 14 heavy (non-hydrogen) atoms. The average molecular weight is 200 g/mol. The largest absolute Gasteiger partial charge is 0.466 e. The third-order valence-electron chi connectivity index (χ3n) is 2.02. The number of aliphatic hydroxyl groups excluding tert-OH is 1. The van der Waals surface area contributed by atoms with Gasteiger partial charge in [0, 0.05) is 0 Å². The number of hydrogen-bond acceptors (Lipinski definition) is 3. The minimum atomic E-state index is -0.728. The van der Waals surface area contributed by atoms with Gasteiger partial charge in [-0.25, -0.2) is 4.79 Å². The Kier molecular flexibility index (Phi) is 6.21. The van der Waals surface area contributed by atoms with E-state index in [0.717, 1.165) is 12.8 Å². The van der Waals surface area contributed by atoms with E-state index in [1.54, 1.807) is 6.08 Å². The summed E-state index contributed by atoms with van der Waals surface area (Å²) >= 11 is 0. The van der Waals surface area contributed by atoms with Gasteiger partial charge < -0.3 is 9.84 Å². The number of unbranched alkanes of at least 4 members (excludes halogenated alkanes) is 1. The standard InChI is InChI=1S/C11H20O3/c1-5-6-7-9(11(13)14-4)10(12)8(2)3/h7-8,10,12H,5-6H2,1-4H3/b9-7+. The zero-order chi connectivity index (χ0) is 11.1. The maximum Gasteiger partial charge on any atom is 0.336 e. The molecule has 0 rings (SSSR count). The minimum absolute atomic E-state index is 0.0252. The van der Waals surface area contributed by atoms with Crippen molar-refractivity contribution < 1.29 is 14.6 Å². The van der Waals surface area contributed by atoms with Gasteiger partial charge in [-0.1, -0.05) is 33.3 Å². The summed E-state index contributed by atoms with van der Waals surface area (Å²) in [7, 11) is 1.33. The van der Waals surface area contributed by atoms with Gasteiger partial charge in [-0.05, 0) is 12.3 Å². The van der Waals surface area contributed by atoms with Crippen LogP contribution in [0.15, 0.2) is 11.6 Å². The highest BCUT2D eigenvalue weighted by atomic mass is 16.5. The van der Waals surface area contributed by atoms with E-state index in [9.17, 15) is 9.90 Å². The monoisotopic (exact) mass is 200 g/mol. The predicted molar refractivity (Wildman–Crippen MR) is 55.9 cm³/mol. The molecule has 0 aliphatic rings. The Labute approximate surface area is 85.8 Å². The van der Waals surface area contributed by atoms with Crippen molar-refractivity contribution in [3.05, 3.63) is 11.6 Å². The highest BCUT2D eigenvalue weighted by Crippen LogP contribution is 2.14. The number of carbonyl (C=O) groups excluding carboxylic acids is 1. The number of allylic oxidation sites excluding steroid dienone is 1. The topological polar surface area (TPSA) is 46.5 Å². The van der Waals surface area contributed by atoms with Crippen LogP contribution in [0.1, 0.15) is 33.6 Å². The molecule has 0 radical (unpaired) electrons. The number of carbonyl (C=O) groups is 1. The molecule has 0 aromatic heterocycles. The van der Waals surface area contributed by atoms with E-state index in [0.29, 0.717) is 5.57 Å². The van der Waals surface area contributed by atoms with Crippen molar-refractivity contribution in [2.45, 2.75) is 39.7 Å². The van der Waals surface area contributed by atoms with Crippen molar-refractivity contribution in [1.82, 2.24) is 0 Å². The summed E-state index contributed by atoms with van der Waals surface area (Å²) < 4.78 is 4.61. The first-order valence-corrected chi connectivity index (χ1v) is 5.01. The van der Waals surface area contributed by atoms with Gasteiger partial charge in [0.25, 0.3) is 0 Å². The molecule has 0 spiro atoms. The van der Waals surface area contributed by atoms with Gasteiger partial charge in [0.1, 0.15) is 0 Å². The fourth-order valence-corrected chi connectivity index (χ4v) is 1.10. The summed E-state index contributed by atoms with van der Waals surface area (Å²) in [4.78, 5) is 11.3. The Morgan fingerprint density at radius 2 is 2.07 bits per heavy atom. The molecule has 0 aliphatic carbocycles. The summed E-state index contributed by atoms with van der Waals surface area (Å²) in [5.41, 5.74) is 0.379. The second kappa shape index (κ2) is 6.60. The zero-order valence-electron chi connectivity index (χ0n) is 9.41. The first-order chi connectivity index (χ1) is 6.54. The van der Waals surface area contributed by atoms with E-state index < -0.39 is 12.1 Å². The summed E-state index contributed by atoms with van der Waals surface area (Å²) in [5.74, 6) is -0.406. The van der Waals surface area contributed by atoms with Crippen molar-refractivity contribution in [1.29, 1.82) is 0 Å². The van der Waals surface area contributed by atoms with E-state index in [2.05, 4.69) is 4.74 Å². The summed E-state index contributed by atoms with van der Waals surface area (Å²) in [6, 6.07) is 0. The van der Waals surface area contributed by atoms with E-state index in [1.165, 1.54) is 7.11 Å². The Hall–Kier alpha value is -0.830. The molecule has 3 heteroatoms. The second-order valence-electron chi connectivity index (χ2n) is 3.63.